The summed E-state index contributed by atoms with van der Waals surface area (Å²) in [5.41, 5.74) is 2.13. The number of nitrogens with zero attached hydrogens (tertiary/aromatic N) is 1. The second-order valence-corrected chi connectivity index (χ2v) is 7.05. The summed E-state index contributed by atoms with van der Waals surface area (Å²) < 4.78 is 18.6. The van der Waals surface area contributed by atoms with Crippen molar-refractivity contribution in [2.24, 2.45) is 0 Å². The molecule has 3 rings (SSSR count). The molecule has 0 aliphatic heterocycles. The number of amides is 1. The molecule has 1 N–H and O–H groups in total. The molecule has 0 saturated heterocycles. The number of oxazole rings is 1. The predicted octanol–water partition coefficient (Wildman–Crippen LogP) is 5.40. The monoisotopic (exact) mass is 390 g/mol. The van der Waals surface area contributed by atoms with E-state index in [0.717, 1.165) is 11.3 Å². The fourth-order valence-corrected chi connectivity index (χ4v) is 3.17. The van der Waals surface area contributed by atoms with E-state index in [2.05, 4.69) is 10.3 Å². The van der Waals surface area contributed by atoms with Crippen molar-refractivity contribution in [3.63, 3.8) is 0 Å². The topological polar surface area (TPSA) is 55.1 Å². The Labute approximate surface area is 159 Å². The van der Waals surface area contributed by atoms with Crippen LogP contribution in [0.15, 0.2) is 59.2 Å². The Morgan fingerprint density at radius 2 is 2.04 bits per heavy atom. The molecule has 0 unspecified atom stereocenters. The maximum Gasteiger partial charge on any atom is 0.226 e. The normalized spacial score (nSPS) is 10.7. The first kappa shape index (κ1) is 18.5. The molecule has 0 aliphatic carbocycles. The lowest BCUT2D eigenvalue weighted by molar-refractivity contribution is -0.115. The van der Waals surface area contributed by atoms with Gasteiger partial charge in [-0.05, 0) is 42.5 Å². The van der Waals surface area contributed by atoms with Crippen LogP contribution in [0.3, 0.4) is 0 Å². The van der Waals surface area contributed by atoms with Crippen LogP contribution in [0.25, 0.3) is 11.5 Å². The molecule has 4 nitrogen and oxygen atoms in total. The van der Waals surface area contributed by atoms with Crippen molar-refractivity contribution >= 4 is 35.0 Å². The van der Waals surface area contributed by atoms with Gasteiger partial charge < -0.3 is 9.73 Å². The lowest BCUT2D eigenvalue weighted by Crippen LogP contribution is -2.12. The minimum absolute atomic E-state index is 0.148. The number of rotatable bonds is 7. The first-order valence-electron chi connectivity index (χ1n) is 7.93. The van der Waals surface area contributed by atoms with Crippen LogP contribution in [-0.2, 0) is 10.5 Å². The second-order valence-electron chi connectivity index (χ2n) is 5.51. The fourth-order valence-electron chi connectivity index (χ4n) is 2.23. The van der Waals surface area contributed by atoms with Crippen molar-refractivity contribution in [1.82, 2.24) is 4.98 Å². The molecule has 3 aromatic rings. The van der Waals surface area contributed by atoms with Gasteiger partial charge in [-0.25, -0.2) is 9.37 Å². The van der Waals surface area contributed by atoms with Crippen LogP contribution < -0.4 is 5.32 Å². The molecule has 26 heavy (non-hydrogen) atoms. The number of hydrogen-bond donors (Lipinski definition) is 1. The van der Waals surface area contributed by atoms with E-state index >= 15 is 0 Å². The van der Waals surface area contributed by atoms with Gasteiger partial charge in [0.05, 0.1) is 5.69 Å². The van der Waals surface area contributed by atoms with E-state index in [1.807, 2.05) is 12.1 Å². The molecule has 0 radical (unpaired) electrons. The number of nitrogens with one attached hydrogen (secondary N) is 1. The molecular formula is C19H16ClFN2O2S. The maximum atomic E-state index is 13.1. The molecule has 1 heterocycles. The summed E-state index contributed by atoms with van der Waals surface area (Å²) in [6.07, 6.45) is 1.95. The highest BCUT2D eigenvalue weighted by atomic mass is 35.5. The SMILES string of the molecule is O=C(CCSCc1coc(-c2ccc(Cl)cc2)n1)Nc1cccc(F)c1. The largest absolute Gasteiger partial charge is 0.444 e. The number of carbonyl (C=O) groups is 1. The number of aromatic nitrogens is 1. The number of benzene rings is 2. The summed E-state index contributed by atoms with van der Waals surface area (Å²) in [4.78, 5) is 16.3. The van der Waals surface area contributed by atoms with E-state index in [4.69, 9.17) is 16.0 Å². The Hall–Kier alpha value is -2.31. The van der Waals surface area contributed by atoms with Gasteiger partial charge in [-0.3, -0.25) is 4.79 Å². The van der Waals surface area contributed by atoms with E-state index in [0.29, 0.717) is 34.5 Å². The van der Waals surface area contributed by atoms with Gasteiger partial charge in [0.1, 0.15) is 12.1 Å². The second kappa shape index (κ2) is 8.87. The molecule has 1 amide bonds. The number of carbonyl (C=O) groups excluding carboxylic acids is 1. The molecule has 0 fully saturated rings. The van der Waals surface area contributed by atoms with E-state index in [1.165, 1.54) is 12.1 Å². The maximum absolute atomic E-state index is 13.1. The van der Waals surface area contributed by atoms with Gasteiger partial charge in [0.25, 0.3) is 0 Å². The molecule has 7 heteroatoms. The minimum atomic E-state index is -0.375. The predicted molar refractivity (Wildman–Crippen MR) is 103 cm³/mol. The highest BCUT2D eigenvalue weighted by molar-refractivity contribution is 7.98. The first-order valence-corrected chi connectivity index (χ1v) is 9.47. The Morgan fingerprint density at radius 1 is 1.23 bits per heavy atom. The Bertz CT molecular complexity index is 883. The third-order valence-corrected chi connectivity index (χ3v) is 4.72. The molecule has 0 aliphatic rings. The third-order valence-electron chi connectivity index (χ3n) is 3.47. The van der Waals surface area contributed by atoms with E-state index < -0.39 is 0 Å². The summed E-state index contributed by atoms with van der Waals surface area (Å²) in [6.45, 7) is 0. The lowest BCUT2D eigenvalue weighted by Gasteiger charge is -2.04. The van der Waals surface area contributed by atoms with Crippen LogP contribution in [0.2, 0.25) is 5.02 Å². The zero-order valence-corrected chi connectivity index (χ0v) is 15.3. The quantitative estimate of drug-likeness (QED) is 0.549. The zero-order chi connectivity index (χ0) is 18.4. The molecule has 2 aromatic carbocycles. The summed E-state index contributed by atoms with van der Waals surface area (Å²) >= 11 is 7.45. The minimum Gasteiger partial charge on any atom is -0.444 e. The molecule has 0 atom stereocenters. The summed E-state index contributed by atoms with van der Waals surface area (Å²) in [7, 11) is 0. The van der Waals surface area contributed by atoms with Gasteiger partial charge in [-0.2, -0.15) is 11.8 Å². The molecule has 134 valence electrons. The van der Waals surface area contributed by atoms with Crippen molar-refractivity contribution in [2.75, 3.05) is 11.1 Å². The Kier molecular flexibility index (Phi) is 6.30. The van der Waals surface area contributed by atoms with Gasteiger partial charge in [0, 0.05) is 34.2 Å². The number of anilines is 1. The van der Waals surface area contributed by atoms with Crippen molar-refractivity contribution in [3.05, 3.63) is 71.3 Å². The fraction of sp³-hybridized carbons (Fsp3) is 0.158. The average molecular weight is 391 g/mol. The van der Waals surface area contributed by atoms with Crippen LogP contribution in [-0.4, -0.2) is 16.6 Å². The molecule has 0 bridgehead atoms. The van der Waals surface area contributed by atoms with Crippen LogP contribution >= 0.6 is 23.4 Å². The highest BCUT2D eigenvalue weighted by Crippen LogP contribution is 2.22. The molecule has 1 aromatic heterocycles. The lowest BCUT2D eigenvalue weighted by atomic mass is 10.2. The van der Waals surface area contributed by atoms with Crippen molar-refractivity contribution in [2.45, 2.75) is 12.2 Å². The van der Waals surface area contributed by atoms with Gasteiger partial charge in [-0.15, -0.1) is 0 Å². The zero-order valence-electron chi connectivity index (χ0n) is 13.7. The Morgan fingerprint density at radius 3 is 2.81 bits per heavy atom. The molecular weight excluding hydrogens is 375 g/mol. The summed E-state index contributed by atoms with van der Waals surface area (Å²) in [5, 5.41) is 3.33. The number of hydrogen-bond acceptors (Lipinski definition) is 4. The number of halogens is 2. The van der Waals surface area contributed by atoms with Crippen LogP contribution in [0.1, 0.15) is 12.1 Å². The molecule has 0 saturated carbocycles. The van der Waals surface area contributed by atoms with Crippen LogP contribution in [0.4, 0.5) is 10.1 Å². The third kappa shape index (κ3) is 5.34. The van der Waals surface area contributed by atoms with Crippen molar-refractivity contribution in [3.8, 4) is 11.5 Å². The average Bonchev–Trinajstić information content (AvgIpc) is 3.08. The van der Waals surface area contributed by atoms with Crippen LogP contribution in [0.5, 0.6) is 0 Å². The smallest absolute Gasteiger partial charge is 0.226 e. The van der Waals surface area contributed by atoms with Crippen molar-refractivity contribution < 1.29 is 13.6 Å². The van der Waals surface area contributed by atoms with Crippen LogP contribution in [0, 0.1) is 5.82 Å². The van der Waals surface area contributed by atoms with Gasteiger partial charge in [0.15, 0.2) is 0 Å². The van der Waals surface area contributed by atoms with Crippen molar-refractivity contribution in [1.29, 1.82) is 0 Å². The van der Waals surface area contributed by atoms with Gasteiger partial charge in [-0.1, -0.05) is 17.7 Å². The van der Waals surface area contributed by atoms with E-state index in [9.17, 15) is 9.18 Å². The number of thioether (sulfide) groups is 1. The highest BCUT2D eigenvalue weighted by Gasteiger charge is 2.08. The standard InChI is InChI=1S/C19H16ClFN2O2S/c20-14-6-4-13(5-7-14)19-23-17(11-25-19)12-26-9-8-18(24)22-16-3-1-2-15(21)10-16/h1-7,10-11H,8-9,12H2,(H,22,24). The molecule has 0 spiro atoms. The summed E-state index contributed by atoms with van der Waals surface area (Å²) in [6, 6.07) is 13.1. The Balaban J connectivity index is 1.42. The van der Waals surface area contributed by atoms with E-state index in [-0.39, 0.29) is 11.7 Å². The first-order chi connectivity index (χ1) is 12.6. The van der Waals surface area contributed by atoms with E-state index in [1.54, 1.807) is 42.3 Å². The summed E-state index contributed by atoms with van der Waals surface area (Å²) in [5.74, 6) is 1.29. The van der Waals surface area contributed by atoms with Gasteiger partial charge >= 0.3 is 0 Å². The van der Waals surface area contributed by atoms with Gasteiger partial charge in [0.2, 0.25) is 11.8 Å².